The van der Waals surface area contributed by atoms with Crippen LogP contribution in [-0.2, 0) is 19.7 Å². The molecule has 2 N–H and O–H groups in total. The van der Waals surface area contributed by atoms with Crippen LogP contribution in [0.5, 0.6) is 0 Å². The van der Waals surface area contributed by atoms with Gasteiger partial charge >= 0.3 is 5.97 Å². The first-order valence-electron chi connectivity index (χ1n) is 8.52. The quantitative estimate of drug-likeness (QED) is 0.826. The first kappa shape index (κ1) is 16.9. The average molecular weight is 360 g/mol. The van der Waals surface area contributed by atoms with Crippen LogP contribution < -0.4 is 5.73 Å². The van der Waals surface area contributed by atoms with Crippen molar-refractivity contribution in [1.29, 1.82) is 5.26 Å². The Labute approximate surface area is 155 Å². The Bertz CT molecular complexity index is 1130. The van der Waals surface area contributed by atoms with E-state index in [0.29, 0.717) is 16.5 Å². The van der Waals surface area contributed by atoms with Crippen LogP contribution in [0.15, 0.2) is 59.2 Å². The van der Waals surface area contributed by atoms with Gasteiger partial charge in [-0.2, -0.15) is 5.26 Å². The molecule has 0 amide bonds. The van der Waals surface area contributed by atoms with E-state index < -0.39 is 11.4 Å². The molecule has 1 aliphatic heterocycles. The molecular formula is C21H16N2O4. The summed E-state index contributed by atoms with van der Waals surface area (Å²) in [7, 11) is 0. The SMILES string of the molecule is CCOC(=O)C1=C(C)OC(N)=C(C#N)C12C(=O)c1cccc3cccc2c13. The predicted molar refractivity (Wildman–Crippen MR) is 97.2 cm³/mol. The summed E-state index contributed by atoms with van der Waals surface area (Å²) in [6.07, 6.45) is 0. The van der Waals surface area contributed by atoms with Crippen LogP contribution in [0.4, 0.5) is 0 Å². The Morgan fingerprint density at radius 2 is 2.00 bits per heavy atom. The fourth-order valence-corrected chi connectivity index (χ4v) is 4.14. The van der Waals surface area contributed by atoms with Crippen molar-refractivity contribution < 1.29 is 19.1 Å². The Morgan fingerprint density at radius 1 is 1.30 bits per heavy atom. The monoisotopic (exact) mass is 360 g/mol. The van der Waals surface area contributed by atoms with Crippen molar-refractivity contribution in [3.8, 4) is 6.07 Å². The number of carbonyl (C=O) groups is 2. The second-order valence-electron chi connectivity index (χ2n) is 6.39. The van der Waals surface area contributed by atoms with Gasteiger partial charge in [0.2, 0.25) is 5.88 Å². The van der Waals surface area contributed by atoms with Crippen molar-refractivity contribution in [2.45, 2.75) is 19.3 Å². The van der Waals surface area contributed by atoms with E-state index in [2.05, 4.69) is 0 Å². The van der Waals surface area contributed by atoms with E-state index in [1.807, 2.05) is 18.2 Å². The third-order valence-electron chi connectivity index (χ3n) is 5.10. The number of hydrogen-bond acceptors (Lipinski definition) is 6. The van der Waals surface area contributed by atoms with Gasteiger partial charge in [-0.25, -0.2) is 4.79 Å². The lowest BCUT2D eigenvalue weighted by Crippen LogP contribution is -2.44. The molecule has 2 aromatic carbocycles. The molecule has 0 saturated heterocycles. The number of nitrogens with zero attached hydrogens (tertiary/aromatic N) is 1. The highest BCUT2D eigenvalue weighted by atomic mass is 16.5. The van der Waals surface area contributed by atoms with Gasteiger partial charge in [0.05, 0.1) is 12.2 Å². The number of ether oxygens (including phenoxy) is 2. The first-order valence-corrected chi connectivity index (χ1v) is 8.52. The van der Waals surface area contributed by atoms with Gasteiger partial charge in [0.25, 0.3) is 0 Å². The summed E-state index contributed by atoms with van der Waals surface area (Å²) in [5.41, 5.74) is 5.24. The fraction of sp³-hybridized carbons (Fsp3) is 0.190. The molecule has 0 radical (unpaired) electrons. The summed E-state index contributed by atoms with van der Waals surface area (Å²) in [6, 6.07) is 12.8. The number of rotatable bonds is 2. The summed E-state index contributed by atoms with van der Waals surface area (Å²) in [6.45, 7) is 3.34. The van der Waals surface area contributed by atoms with Gasteiger partial charge in [-0.15, -0.1) is 0 Å². The van der Waals surface area contributed by atoms with Gasteiger partial charge in [-0.1, -0.05) is 36.4 Å². The Kier molecular flexibility index (Phi) is 3.57. The molecule has 1 atom stereocenters. The summed E-state index contributed by atoms with van der Waals surface area (Å²) in [4.78, 5) is 26.6. The van der Waals surface area contributed by atoms with Crippen LogP contribution in [0.3, 0.4) is 0 Å². The summed E-state index contributed by atoms with van der Waals surface area (Å²) >= 11 is 0. The molecule has 0 saturated carbocycles. The van der Waals surface area contributed by atoms with Crippen LogP contribution in [-0.4, -0.2) is 18.4 Å². The number of allylic oxidation sites excluding steroid dienone is 2. The lowest BCUT2D eigenvalue weighted by Gasteiger charge is -2.35. The molecule has 2 aliphatic rings. The van der Waals surface area contributed by atoms with Crippen molar-refractivity contribution in [2.75, 3.05) is 6.61 Å². The zero-order valence-corrected chi connectivity index (χ0v) is 14.8. The zero-order valence-electron chi connectivity index (χ0n) is 14.8. The van der Waals surface area contributed by atoms with Gasteiger partial charge < -0.3 is 15.2 Å². The fourth-order valence-electron chi connectivity index (χ4n) is 4.14. The molecule has 1 spiro atoms. The van der Waals surface area contributed by atoms with Crippen LogP contribution in [0.2, 0.25) is 0 Å². The van der Waals surface area contributed by atoms with Gasteiger partial charge in [0, 0.05) is 5.56 Å². The summed E-state index contributed by atoms with van der Waals surface area (Å²) in [5, 5.41) is 11.4. The van der Waals surface area contributed by atoms with E-state index >= 15 is 0 Å². The molecule has 0 fully saturated rings. The molecule has 6 nitrogen and oxygen atoms in total. The minimum atomic E-state index is -1.66. The minimum absolute atomic E-state index is 0.00352. The number of Topliss-reactive ketones (excluding diaryl/α,β-unsaturated/α-hetero) is 1. The van der Waals surface area contributed by atoms with Crippen LogP contribution >= 0.6 is 0 Å². The zero-order chi connectivity index (χ0) is 19.3. The number of nitriles is 1. The molecule has 1 heterocycles. The number of fused-ring (bicyclic) bond motifs is 1. The minimum Gasteiger partial charge on any atom is -0.462 e. The van der Waals surface area contributed by atoms with Crippen LogP contribution in [0, 0.1) is 11.3 Å². The highest BCUT2D eigenvalue weighted by Crippen LogP contribution is 2.54. The average Bonchev–Trinajstić information content (AvgIpc) is 2.88. The van der Waals surface area contributed by atoms with Crippen molar-refractivity contribution >= 4 is 22.5 Å². The molecule has 4 rings (SSSR count). The van der Waals surface area contributed by atoms with Gasteiger partial charge in [-0.3, -0.25) is 4.79 Å². The maximum atomic E-state index is 13.7. The van der Waals surface area contributed by atoms with E-state index in [4.69, 9.17) is 15.2 Å². The molecule has 6 heteroatoms. The summed E-state index contributed by atoms with van der Waals surface area (Å²) < 4.78 is 10.7. The second kappa shape index (κ2) is 5.71. The van der Waals surface area contributed by atoms with E-state index in [0.717, 1.165) is 5.39 Å². The van der Waals surface area contributed by atoms with Crippen LogP contribution in [0.25, 0.3) is 10.8 Å². The van der Waals surface area contributed by atoms with E-state index in [1.54, 1.807) is 38.1 Å². The third kappa shape index (κ3) is 1.94. The highest BCUT2D eigenvalue weighted by molar-refractivity contribution is 6.26. The number of nitrogens with two attached hydrogens (primary N) is 1. The number of carbonyl (C=O) groups excluding carboxylic acids is 2. The van der Waals surface area contributed by atoms with E-state index in [9.17, 15) is 14.9 Å². The van der Waals surface area contributed by atoms with E-state index in [1.165, 1.54) is 0 Å². The molecule has 1 unspecified atom stereocenters. The lowest BCUT2D eigenvalue weighted by molar-refractivity contribution is -0.139. The van der Waals surface area contributed by atoms with Crippen molar-refractivity contribution in [3.63, 3.8) is 0 Å². The van der Waals surface area contributed by atoms with E-state index in [-0.39, 0.29) is 35.2 Å². The number of ketones is 1. The first-order chi connectivity index (χ1) is 13.0. The number of benzene rings is 2. The van der Waals surface area contributed by atoms with Gasteiger partial charge in [0.1, 0.15) is 22.8 Å². The smallest absolute Gasteiger partial charge is 0.339 e. The Hall–Kier alpha value is -3.59. The largest absolute Gasteiger partial charge is 0.462 e. The maximum Gasteiger partial charge on any atom is 0.339 e. The van der Waals surface area contributed by atoms with Crippen molar-refractivity contribution in [1.82, 2.24) is 0 Å². The maximum absolute atomic E-state index is 13.7. The third-order valence-corrected chi connectivity index (χ3v) is 5.10. The molecule has 2 aromatic rings. The standard InChI is InChI=1S/C21H16N2O4/c1-3-26-20(25)17-11(2)27-19(23)15(10-22)21(17)14-9-5-7-12-6-4-8-13(16(12)14)18(21)24/h4-9H,3,23H2,1-2H3. The van der Waals surface area contributed by atoms with Crippen molar-refractivity contribution in [2.24, 2.45) is 5.73 Å². The van der Waals surface area contributed by atoms with Gasteiger partial charge in [-0.05, 0) is 30.2 Å². The molecule has 27 heavy (non-hydrogen) atoms. The topological polar surface area (TPSA) is 102 Å². The lowest BCUT2D eigenvalue weighted by atomic mass is 9.67. The normalized spacial score (nSPS) is 20.9. The molecule has 0 aromatic heterocycles. The Morgan fingerprint density at radius 3 is 2.67 bits per heavy atom. The molecule has 0 bridgehead atoms. The number of esters is 1. The number of hydrogen-bond donors (Lipinski definition) is 1. The highest BCUT2D eigenvalue weighted by Gasteiger charge is 2.59. The second-order valence-corrected chi connectivity index (χ2v) is 6.39. The van der Waals surface area contributed by atoms with Gasteiger partial charge in [0.15, 0.2) is 5.78 Å². The van der Waals surface area contributed by atoms with Crippen molar-refractivity contribution in [3.05, 3.63) is 70.3 Å². The molecular weight excluding hydrogens is 344 g/mol. The molecule has 134 valence electrons. The molecule has 1 aliphatic carbocycles. The predicted octanol–water partition coefficient (Wildman–Crippen LogP) is 2.84. The Balaban J connectivity index is 2.17. The van der Waals surface area contributed by atoms with Crippen LogP contribution in [0.1, 0.15) is 29.8 Å². The summed E-state index contributed by atoms with van der Waals surface area (Å²) in [5.74, 6) is -1.10.